The molecular weight excluding hydrogens is 418 g/mol. The van der Waals surface area contributed by atoms with Crippen molar-refractivity contribution in [2.45, 2.75) is 0 Å². The maximum Gasteiger partial charge on any atom is 0.293 e. The molecule has 1 aromatic heterocycles. The minimum Gasteiger partial charge on any atom is -0.350 e. The number of thioether (sulfide) groups is 1. The highest BCUT2D eigenvalue weighted by molar-refractivity contribution is 9.10. The van der Waals surface area contributed by atoms with Crippen LogP contribution in [0.2, 0.25) is 0 Å². The van der Waals surface area contributed by atoms with Gasteiger partial charge in [-0.3, -0.25) is 24.3 Å². The Morgan fingerprint density at radius 2 is 2.00 bits per heavy atom. The predicted molar refractivity (Wildman–Crippen MR) is 103 cm³/mol. The van der Waals surface area contributed by atoms with Crippen molar-refractivity contribution in [2.75, 3.05) is 13.1 Å². The molecule has 2 heterocycles. The lowest BCUT2D eigenvalue weighted by Crippen LogP contribution is -2.37. The molecular formula is C18H14BrN3O3S. The summed E-state index contributed by atoms with van der Waals surface area (Å²) in [6, 6.07) is 11.0. The van der Waals surface area contributed by atoms with Crippen molar-refractivity contribution in [3.8, 4) is 0 Å². The van der Waals surface area contributed by atoms with Crippen molar-refractivity contribution >= 4 is 50.8 Å². The highest BCUT2D eigenvalue weighted by Crippen LogP contribution is 2.31. The summed E-state index contributed by atoms with van der Waals surface area (Å²) in [7, 11) is 0. The monoisotopic (exact) mass is 431 g/mol. The van der Waals surface area contributed by atoms with Crippen LogP contribution in [-0.2, 0) is 4.79 Å². The normalized spacial score (nSPS) is 15.6. The van der Waals surface area contributed by atoms with Crippen LogP contribution < -0.4 is 5.32 Å². The maximum atomic E-state index is 12.4. The van der Waals surface area contributed by atoms with Crippen LogP contribution in [0.15, 0.2) is 58.2 Å². The predicted octanol–water partition coefficient (Wildman–Crippen LogP) is 3.31. The van der Waals surface area contributed by atoms with Gasteiger partial charge in [-0.15, -0.1) is 0 Å². The number of amides is 3. The fourth-order valence-electron chi connectivity index (χ4n) is 2.31. The molecule has 0 spiro atoms. The molecule has 1 fully saturated rings. The second-order valence-corrected chi connectivity index (χ2v) is 7.30. The maximum absolute atomic E-state index is 12.4. The van der Waals surface area contributed by atoms with E-state index in [1.165, 1.54) is 6.20 Å². The molecule has 26 heavy (non-hydrogen) atoms. The van der Waals surface area contributed by atoms with Crippen molar-refractivity contribution in [3.63, 3.8) is 0 Å². The summed E-state index contributed by atoms with van der Waals surface area (Å²) in [5, 5.41) is 2.35. The Morgan fingerprint density at radius 3 is 2.73 bits per heavy atom. The number of nitrogens with zero attached hydrogens (tertiary/aromatic N) is 2. The second-order valence-electron chi connectivity index (χ2n) is 5.39. The number of carbonyl (C=O) groups is 3. The molecule has 132 valence electrons. The van der Waals surface area contributed by atoms with Gasteiger partial charge in [-0.25, -0.2) is 0 Å². The zero-order valence-electron chi connectivity index (χ0n) is 13.5. The first-order chi connectivity index (χ1) is 12.5. The molecule has 3 amide bonds. The third-order valence-electron chi connectivity index (χ3n) is 3.56. The van der Waals surface area contributed by atoms with Crippen LogP contribution in [0.5, 0.6) is 0 Å². The van der Waals surface area contributed by atoms with Crippen LogP contribution in [0.1, 0.15) is 15.9 Å². The second kappa shape index (κ2) is 8.29. The number of aromatic nitrogens is 1. The molecule has 3 rings (SSSR count). The van der Waals surface area contributed by atoms with Crippen LogP contribution in [0, 0.1) is 0 Å². The van der Waals surface area contributed by atoms with Gasteiger partial charge in [-0.2, -0.15) is 0 Å². The van der Waals surface area contributed by atoms with Crippen LogP contribution >= 0.6 is 27.7 Å². The van der Waals surface area contributed by atoms with E-state index in [9.17, 15) is 14.4 Å². The van der Waals surface area contributed by atoms with Crippen molar-refractivity contribution in [3.05, 3.63) is 69.3 Å². The van der Waals surface area contributed by atoms with E-state index in [2.05, 4.69) is 26.2 Å². The van der Waals surface area contributed by atoms with Gasteiger partial charge in [-0.1, -0.05) is 30.3 Å². The van der Waals surface area contributed by atoms with Gasteiger partial charge < -0.3 is 5.32 Å². The standard InChI is InChI=1S/C18H14BrN3O3S/c19-14-9-13(10-20-11-14)16(23)21-6-7-22-17(24)15(26-18(22)25)8-12-4-2-1-3-5-12/h1-5,8-11H,6-7H2,(H,21,23)/b15-8+. The Bertz CT molecular complexity index is 886. The number of hydrogen-bond donors (Lipinski definition) is 1. The number of pyridine rings is 1. The lowest BCUT2D eigenvalue weighted by atomic mass is 10.2. The molecule has 6 nitrogen and oxygen atoms in total. The fourth-order valence-corrected chi connectivity index (χ4v) is 3.54. The Labute approximate surface area is 162 Å². The molecule has 0 atom stereocenters. The van der Waals surface area contributed by atoms with Gasteiger partial charge in [-0.05, 0) is 45.4 Å². The van der Waals surface area contributed by atoms with Gasteiger partial charge in [0.05, 0.1) is 10.5 Å². The van der Waals surface area contributed by atoms with Gasteiger partial charge >= 0.3 is 0 Å². The Kier molecular flexibility index (Phi) is 5.85. The van der Waals surface area contributed by atoms with Crippen molar-refractivity contribution < 1.29 is 14.4 Å². The number of halogens is 1. The molecule has 1 aliphatic rings. The van der Waals surface area contributed by atoms with E-state index in [0.29, 0.717) is 14.9 Å². The van der Waals surface area contributed by atoms with E-state index in [-0.39, 0.29) is 30.1 Å². The summed E-state index contributed by atoms with van der Waals surface area (Å²) in [6.07, 6.45) is 4.72. The largest absolute Gasteiger partial charge is 0.350 e. The van der Waals surface area contributed by atoms with Gasteiger partial charge in [0.1, 0.15) is 0 Å². The van der Waals surface area contributed by atoms with E-state index >= 15 is 0 Å². The van der Waals surface area contributed by atoms with Crippen molar-refractivity contribution in [2.24, 2.45) is 0 Å². The SMILES string of the molecule is O=C(NCCN1C(=O)S/C(=C/c2ccccc2)C1=O)c1cncc(Br)c1. The quantitative estimate of drug-likeness (QED) is 0.734. The Balaban J connectivity index is 1.58. The third kappa shape index (κ3) is 4.39. The average molecular weight is 432 g/mol. The Hall–Kier alpha value is -2.45. The number of rotatable bonds is 5. The molecule has 0 saturated carbocycles. The zero-order valence-corrected chi connectivity index (χ0v) is 15.9. The van der Waals surface area contributed by atoms with Crippen molar-refractivity contribution in [1.29, 1.82) is 0 Å². The molecule has 1 N–H and O–H groups in total. The zero-order chi connectivity index (χ0) is 18.5. The van der Waals surface area contributed by atoms with E-state index in [0.717, 1.165) is 22.2 Å². The van der Waals surface area contributed by atoms with Crippen LogP contribution in [-0.4, -0.2) is 40.0 Å². The van der Waals surface area contributed by atoms with Gasteiger partial charge in [0, 0.05) is 30.0 Å². The van der Waals surface area contributed by atoms with Crippen LogP contribution in [0.25, 0.3) is 6.08 Å². The fraction of sp³-hybridized carbons (Fsp3) is 0.111. The number of carbonyl (C=O) groups excluding carboxylic acids is 3. The summed E-state index contributed by atoms with van der Waals surface area (Å²) in [4.78, 5) is 42.0. The Morgan fingerprint density at radius 1 is 1.23 bits per heavy atom. The van der Waals surface area contributed by atoms with Crippen LogP contribution in [0.3, 0.4) is 0 Å². The molecule has 1 aliphatic heterocycles. The van der Waals surface area contributed by atoms with E-state index in [1.807, 2.05) is 30.3 Å². The smallest absolute Gasteiger partial charge is 0.293 e. The van der Waals surface area contributed by atoms with Gasteiger partial charge in [0.2, 0.25) is 0 Å². The molecule has 8 heteroatoms. The molecule has 1 saturated heterocycles. The lowest BCUT2D eigenvalue weighted by Gasteiger charge is -2.13. The average Bonchev–Trinajstić information content (AvgIpc) is 2.90. The van der Waals surface area contributed by atoms with Gasteiger partial charge in [0.15, 0.2) is 0 Å². The molecule has 0 bridgehead atoms. The van der Waals surface area contributed by atoms with Crippen molar-refractivity contribution in [1.82, 2.24) is 15.2 Å². The lowest BCUT2D eigenvalue weighted by molar-refractivity contribution is -0.122. The summed E-state index contributed by atoms with van der Waals surface area (Å²) >= 11 is 4.16. The molecule has 0 radical (unpaired) electrons. The van der Waals surface area contributed by atoms with Crippen LogP contribution in [0.4, 0.5) is 4.79 Å². The van der Waals surface area contributed by atoms with Gasteiger partial charge in [0.25, 0.3) is 17.1 Å². The molecule has 0 unspecified atom stereocenters. The highest BCUT2D eigenvalue weighted by atomic mass is 79.9. The van der Waals surface area contributed by atoms with E-state index < -0.39 is 0 Å². The minimum atomic E-state index is -0.345. The summed E-state index contributed by atoms with van der Waals surface area (Å²) in [5.74, 6) is -0.659. The minimum absolute atomic E-state index is 0.115. The first kappa shape index (κ1) is 18.3. The topological polar surface area (TPSA) is 79.4 Å². The molecule has 0 aliphatic carbocycles. The summed E-state index contributed by atoms with van der Waals surface area (Å²) < 4.78 is 0.696. The summed E-state index contributed by atoms with van der Waals surface area (Å²) in [6.45, 7) is 0.284. The number of nitrogens with one attached hydrogen (secondary N) is 1. The number of imide groups is 1. The first-order valence-electron chi connectivity index (χ1n) is 7.74. The molecule has 2 aromatic rings. The first-order valence-corrected chi connectivity index (χ1v) is 9.35. The molecule has 1 aromatic carbocycles. The van der Waals surface area contributed by atoms with E-state index in [4.69, 9.17) is 0 Å². The number of benzene rings is 1. The third-order valence-corrected chi connectivity index (χ3v) is 4.90. The number of hydrogen-bond acceptors (Lipinski definition) is 5. The highest BCUT2D eigenvalue weighted by Gasteiger charge is 2.34. The summed E-state index contributed by atoms with van der Waals surface area (Å²) in [5.41, 5.74) is 1.26. The van der Waals surface area contributed by atoms with E-state index in [1.54, 1.807) is 18.3 Å².